The third-order valence-corrected chi connectivity index (χ3v) is 3.46. The molecule has 0 radical (unpaired) electrons. The van der Waals surface area contributed by atoms with Crippen LogP contribution in [0.4, 0.5) is 8.78 Å². The van der Waals surface area contributed by atoms with Crippen LogP contribution in [0.5, 0.6) is 0 Å². The summed E-state index contributed by atoms with van der Waals surface area (Å²) in [5, 5.41) is 8.41. The summed E-state index contributed by atoms with van der Waals surface area (Å²) in [7, 11) is 1.64. The van der Waals surface area contributed by atoms with Crippen LogP contribution < -0.4 is 0 Å². The van der Waals surface area contributed by atoms with Crippen molar-refractivity contribution in [2.45, 2.75) is 17.7 Å². The van der Waals surface area contributed by atoms with Crippen molar-refractivity contribution in [2.75, 3.05) is 19.3 Å². The average Bonchev–Trinajstić information content (AvgIpc) is 2.39. The van der Waals surface area contributed by atoms with Crippen LogP contribution in [0.25, 0.3) is 0 Å². The number of carbonyl (C=O) groups is 1. The number of rotatable bonds is 6. The molecule has 0 unspecified atom stereocenters. The molecule has 0 aliphatic rings. The Morgan fingerprint density at radius 3 is 2.79 bits per heavy atom. The highest BCUT2D eigenvalue weighted by Gasteiger charge is 2.09. The van der Waals surface area contributed by atoms with E-state index in [-0.39, 0.29) is 5.91 Å². The monoisotopic (exact) mass is 284 g/mol. The maximum Gasteiger partial charge on any atom is 0.223 e. The molecule has 0 atom stereocenters. The summed E-state index contributed by atoms with van der Waals surface area (Å²) in [5.74, 6) is -1.34. The smallest absolute Gasteiger partial charge is 0.223 e. The Labute approximate surface area is 115 Å². The molecule has 0 aliphatic heterocycles. The number of benzene rings is 1. The minimum atomic E-state index is -0.887. The molecule has 0 fully saturated rings. The highest BCUT2D eigenvalue weighted by molar-refractivity contribution is 7.99. The fraction of sp³-hybridized carbons (Fsp3) is 0.385. The van der Waals surface area contributed by atoms with Gasteiger partial charge in [0, 0.05) is 30.7 Å². The second-order valence-corrected chi connectivity index (χ2v) is 5.07. The minimum Gasteiger partial charge on any atom is -0.345 e. The predicted molar refractivity (Wildman–Crippen MR) is 69.6 cm³/mol. The Morgan fingerprint density at radius 1 is 1.42 bits per heavy atom. The fourth-order valence-electron chi connectivity index (χ4n) is 1.36. The van der Waals surface area contributed by atoms with E-state index in [2.05, 4.69) is 0 Å². The topological polar surface area (TPSA) is 44.1 Å². The van der Waals surface area contributed by atoms with Gasteiger partial charge in [-0.2, -0.15) is 5.26 Å². The highest BCUT2D eigenvalue weighted by Crippen LogP contribution is 2.21. The van der Waals surface area contributed by atoms with E-state index < -0.39 is 11.6 Å². The van der Waals surface area contributed by atoms with E-state index in [4.69, 9.17) is 5.26 Å². The van der Waals surface area contributed by atoms with Gasteiger partial charge in [0.1, 0.15) is 0 Å². The van der Waals surface area contributed by atoms with Crippen LogP contribution in [-0.4, -0.2) is 30.2 Å². The van der Waals surface area contributed by atoms with Gasteiger partial charge in [-0.3, -0.25) is 4.79 Å². The van der Waals surface area contributed by atoms with Crippen LogP contribution >= 0.6 is 11.8 Å². The molecule has 1 aromatic carbocycles. The molecule has 102 valence electrons. The summed E-state index contributed by atoms with van der Waals surface area (Å²) < 4.78 is 25.6. The third kappa shape index (κ3) is 5.26. The first-order chi connectivity index (χ1) is 9.04. The lowest BCUT2D eigenvalue weighted by Crippen LogP contribution is -2.27. The van der Waals surface area contributed by atoms with Gasteiger partial charge in [0.2, 0.25) is 5.91 Å². The number of nitrogens with zero attached hydrogens (tertiary/aromatic N) is 2. The summed E-state index contributed by atoms with van der Waals surface area (Å²) >= 11 is 1.29. The molecule has 0 N–H and O–H groups in total. The van der Waals surface area contributed by atoms with Crippen LogP contribution in [0.2, 0.25) is 0 Å². The van der Waals surface area contributed by atoms with Crippen molar-refractivity contribution < 1.29 is 13.6 Å². The molecule has 1 amide bonds. The van der Waals surface area contributed by atoms with Crippen molar-refractivity contribution in [1.29, 1.82) is 5.26 Å². The third-order valence-electron chi connectivity index (χ3n) is 2.46. The second-order valence-electron chi connectivity index (χ2n) is 3.90. The number of halogens is 2. The Morgan fingerprint density at radius 2 is 2.16 bits per heavy atom. The predicted octanol–water partition coefficient (Wildman–Crippen LogP) is 2.82. The summed E-state index contributed by atoms with van der Waals surface area (Å²) in [5.41, 5.74) is 0. The number of carbonyl (C=O) groups excluding carboxylic acids is 1. The molecule has 0 saturated heterocycles. The van der Waals surface area contributed by atoms with Gasteiger partial charge in [-0.05, 0) is 18.2 Å². The molecule has 1 rings (SSSR count). The standard InChI is InChI=1S/C13H14F2N2OS/c1-17(7-2-6-16)13(18)5-8-19-10-3-4-11(14)12(15)9-10/h3-4,9H,2,5,7-8H2,1H3. The number of nitriles is 1. The van der Waals surface area contributed by atoms with Crippen molar-refractivity contribution in [3.63, 3.8) is 0 Å². The number of thioether (sulfide) groups is 1. The van der Waals surface area contributed by atoms with Crippen LogP contribution in [0.15, 0.2) is 23.1 Å². The van der Waals surface area contributed by atoms with Crippen molar-refractivity contribution in [3.05, 3.63) is 29.8 Å². The van der Waals surface area contributed by atoms with Gasteiger partial charge in [0.15, 0.2) is 11.6 Å². The first kappa shape index (κ1) is 15.4. The molecular weight excluding hydrogens is 270 g/mol. The van der Waals surface area contributed by atoms with Crippen LogP contribution in [-0.2, 0) is 4.79 Å². The van der Waals surface area contributed by atoms with Crippen molar-refractivity contribution in [1.82, 2.24) is 4.90 Å². The van der Waals surface area contributed by atoms with Gasteiger partial charge in [0.25, 0.3) is 0 Å². The molecule has 19 heavy (non-hydrogen) atoms. The summed E-state index contributed by atoms with van der Waals surface area (Å²) in [6, 6.07) is 5.63. The molecule has 6 heteroatoms. The lowest BCUT2D eigenvalue weighted by Gasteiger charge is -2.14. The average molecular weight is 284 g/mol. The SMILES string of the molecule is CN(CCC#N)C(=O)CCSc1ccc(F)c(F)c1. The van der Waals surface area contributed by atoms with E-state index in [1.54, 1.807) is 7.05 Å². The molecular formula is C13H14F2N2OS. The Kier molecular flexibility index (Phi) is 6.30. The van der Waals surface area contributed by atoms with E-state index in [1.165, 1.54) is 22.7 Å². The molecule has 1 aromatic rings. The van der Waals surface area contributed by atoms with Crippen LogP contribution in [0.1, 0.15) is 12.8 Å². The first-order valence-electron chi connectivity index (χ1n) is 5.73. The van der Waals surface area contributed by atoms with E-state index in [0.29, 0.717) is 30.0 Å². The zero-order valence-electron chi connectivity index (χ0n) is 10.5. The lowest BCUT2D eigenvalue weighted by atomic mass is 10.3. The summed E-state index contributed by atoms with van der Waals surface area (Å²) in [6.07, 6.45) is 0.601. The Balaban J connectivity index is 2.35. The summed E-state index contributed by atoms with van der Waals surface area (Å²) in [6.45, 7) is 0.408. The van der Waals surface area contributed by atoms with Crippen LogP contribution in [0.3, 0.4) is 0 Å². The molecule has 0 saturated carbocycles. The first-order valence-corrected chi connectivity index (χ1v) is 6.72. The van der Waals surface area contributed by atoms with Gasteiger partial charge < -0.3 is 4.90 Å². The van der Waals surface area contributed by atoms with Gasteiger partial charge in [-0.1, -0.05) is 0 Å². The molecule has 0 aliphatic carbocycles. The Bertz CT molecular complexity index is 488. The van der Waals surface area contributed by atoms with Gasteiger partial charge in [-0.15, -0.1) is 11.8 Å². The number of amides is 1. The molecule has 3 nitrogen and oxygen atoms in total. The van der Waals surface area contributed by atoms with E-state index >= 15 is 0 Å². The maximum atomic E-state index is 12.9. The number of hydrogen-bond donors (Lipinski definition) is 0. The summed E-state index contributed by atoms with van der Waals surface area (Å²) in [4.78, 5) is 13.7. The quantitative estimate of drug-likeness (QED) is 0.754. The molecule has 0 aromatic heterocycles. The van der Waals surface area contributed by atoms with Gasteiger partial charge in [-0.25, -0.2) is 8.78 Å². The maximum absolute atomic E-state index is 12.9. The molecule has 0 heterocycles. The van der Waals surface area contributed by atoms with Crippen LogP contribution in [0, 0.1) is 23.0 Å². The zero-order chi connectivity index (χ0) is 14.3. The van der Waals surface area contributed by atoms with E-state index in [1.807, 2.05) is 6.07 Å². The zero-order valence-corrected chi connectivity index (χ0v) is 11.3. The minimum absolute atomic E-state index is 0.0645. The lowest BCUT2D eigenvalue weighted by molar-refractivity contribution is -0.129. The van der Waals surface area contributed by atoms with Gasteiger partial charge in [0.05, 0.1) is 12.5 Å². The van der Waals surface area contributed by atoms with Crippen molar-refractivity contribution in [3.8, 4) is 6.07 Å². The highest BCUT2D eigenvalue weighted by atomic mass is 32.2. The Hall–Kier alpha value is -1.61. The fourth-order valence-corrected chi connectivity index (χ4v) is 2.22. The molecule has 0 spiro atoms. The largest absolute Gasteiger partial charge is 0.345 e. The van der Waals surface area contributed by atoms with Gasteiger partial charge >= 0.3 is 0 Å². The number of hydrogen-bond acceptors (Lipinski definition) is 3. The second kappa shape index (κ2) is 7.74. The normalized spacial score (nSPS) is 10.0. The molecule has 0 bridgehead atoms. The van der Waals surface area contributed by atoms with Crippen molar-refractivity contribution in [2.24, 2.45) is 0 Å². The van der Waals surface area contributed by atoms with E-state index in [9.17, 15) is 13.6 Å². The van der Waals surface area contributed by atoms with E-state index in [0.717, 1.165) is 12.1 Å². The van der Waals surface area contributed by atoms with Crippen molar-refractivity contribution >= 4 is 17.7 Å².